The van der Waals surface area contributed by atoms with E-state index in [1.807, 2.05) is 30.3 Å². The van der Waals surface area contributed by atoms with Crippen LogP contribution in [0, 0.1) is 0 Å². The van der Waals surface area contributed by atoms with E-state index in [9.17, 15) is 9.59 Å². The summed E-state index contributed by atoms with van der Waals surface area (Å²) in [6.45, 7) is 0. The first-order valence-corrected chi connectivity index (χ1v) is 9.14. The van der Waals surface area contributed by atoms with Crippen molar-refractivity contribution < 1.29 is 14.0 Å². The Morgan fingerprint density at radius 1 is 0.857 bits per heavy atom. The Morgan fingerprint density at radius 2 is 1.64 bits per heavy atom. The van der Waals surface area contributed by atoms with Gasteiger partial charge < -0.3 is 15.1 Å². The highest BCUT2D eigenvalue weighted by atomic mass is 32.1. The third-order valence-electron chi connectivity index (χ3n) is 3.75. The minimum Gasteiger partial charge on any atom is -0.459 e. The molecule has 0 unspecified atom stereocenters. The smallest absolute Gasteiger partial charge is 0.291 e. The Labute approximate surface area is 164 Å². The highest BCUT2D eigenvalue weighted by Crippen LogP contribution is 2.24. The number of furan rings is 1. The second-order valence-electron chi connectivity index (χ2n) is 5.71. The van der Waals surface area contributed by atoms with E-state index in [2.05, 4.69) is 20.6 Å². The van der Waals surface area contributed by atoms with Gasteiger partial charge in [0.25, 0.3) is 11.8 Å². The minimum absolute atomic E-state index is 0.204. The number of thiophene rings is 1. The van der Waals surface area contributed by atoms with E-state index in [1.54, 1.807) is 36.7 Å². The van der Waals surface area contributed by atoms with E-state index in [1.165, 1.54) is 6.26 Å². The highest BCUT2D eigenvalue weighted by molar-refractivity contribution is 7.18. The fourth-order valence-corrected chi connectivity index (χ4v) is 3.23. The fraction of sp³-hybridized carbons (Fsp3) is 0. The number of rotatable bonds is 5. The summed E-state index contributed by atoms with van der Waals surface area (Å²) in [6.07, 6.45) is 4.54. The maximum absolute atomic E-state index is 12.4. The van der Waals surface area contributed by atoms with Crippen molar-refractivity contribution in [2.24, 2.45) is 0 Å². The first-order valence-electron chi connectivity index (χ1n) is 8.32. The maximum Gasteiger partial charge on any atom is 0.291 e. The van der Waals surface area contributed by atoms with Gasteiger partial charge in [-0.25, -0.2) is 9.97 Å². The topological polar surface area (TPSA) is 97.1 Å². The van der Waals surface area contributed by atoms with Gasteiger partial charge in [0.2, 0.25) is 0 Å². The molecule has 4 rings (SSSR count). The average Bonchev–Trinajstić information content (AvgIpc) is 3.41. The van der Waals surface area contributed by atoms with Crippen molar-refractivity contribution in [3.05, 3.63) is 83.9 Å². The van der Waals surface area contributed by atoms with E-state index in [0.29, 0.717) is 21.4 Å². The van der Waals surface area contributed by atoms with Gasteiger partial charge in [-0.15, -0.1) is 11.3 Å². The number of amides is 2. The molecule has 138 valence electrons. The number of nitrogens with zero attached hydrogens (tertiary/aromatic N) is 2. The molecule has 0 radical (unpaired) electrons. The predicted octanol–water partition coefficient (Wildman–Crippen LogP) is 4.30. The number of hydrogen-bond donors (Lipinski definition) is 2. The number of aromatic nitrogens is 2. The molecule has 0 spiro atoms. The van der Waals surface area contributed by atoms with Crippen molar-refractivity contribution in [1.29, 1.82) is 0 Å². The number of carbonyl (C=O) groups is 2. The van der Waals surface area contributed by atoms with Crippen molar-refractivity contribution >= 4 is 33.8 Å². The predicted molar refractivity (Wildman–Crippen MR) is 106 cm³/mol. The lowest BCUT2D eigenvalue weighted by molar-refractivity contribution is 0.0995. The summed E-state index contributed by atoms with van der Waals surface area (Å²) in [5.41, 5.74) is 1.38. The molecule has 0 atom stereocenters. The normalized spacial score (nSPS) is 10.4. The second-order valence-corrected chi connectivity index (χ2v) is 6.79. The van der Waals surface area contributed by atoms with Gasteiger partial charge in [0, 0.05) is 5.56 Å². The molecule has 0 aliphatic carbocycles. The third kappa shape index (κ3) is 3.97. The quantitative estimate of drug-likeness (QED) is 0.529. The number of anilines is 2. The average molecular weight is 390 g/mol. The largest absolute Gasteiger partial charge is 0.459 e. The van der Waals surface area contributed by atoms with Crippen LogP contribution < -0.4 is 10.6 Å². The Bertz CT molecular complexity index is 1090. The molecule has 1 aromatic carbocycles. The van der Waals surface area contributed by atoms with Crippen molar-refractivity contribution in [3.63, 3.8) is 0 Å². The van der Waals surface area contributed by atoms with E-state index in [-0.39, 0.29) is 17.6 Å². The molecule has 0 bridgehead atoms. The van der Waals surface area contributed by atoms with Crippen LogP contribution in [-0.2, 0) is 0 Å². The van der Waals surface area contributed by atoms with Crippen LogP contribution >= 0.6 is 11.3 Å². The zero-order chi connectivity index (χ0) is 19.3. The summed E-state index contributed by atoms with van der Waals surface area (Å²) in [6, 6.07) is 16.1. The first kappa shape index (κ1) is 17.6. The molecule has 0 fully saturated rings. The molecule has 4 aromatic rings. The van der Waals surface area contributed by atoms with Gasteiger partial charge in [0.05, 0.1) is 34.2 Å². The molecule has 7 nitrogen and oxygen atoms in total. The molecule has 0 saturated heterocycles. The van der Waals surface area contributed by atoms with E-state index in [0.717, 1.165) is 16.9 Å². The van der Waals surface area contributed by atoms with Crippen molar-refractivity contribution in [2.75, 3.05) is 10.6 Å². The third-order valence-corrected chi connectivity index (χ3v) is 4.75. The van der Waals surface area contributed by atoms with Gasteiger partial charge in [0.1, 0.15) is 0 Å². The SMILES string of the molecule is O=C(Nc1ccc(C(=O)Nc2cnc(-c3ccccc3)nc2)s1)c1ccco1. The van der Waals surface area contributed by atoms with Gasteiger partial charge in [-0.1, -0.05) is 30.3 Å². The van der Waals surface area contributed by atoms with Gasteiger partial charge in [-0.3, -0.25) is 9.59 Å². The summed E-state index contributed by atoms with van der Waals surface area (Å²) >= 11 is 1.16. The fourth-order valence-electron chi connectivity index (χ4n) is 2.43. The Kier molecular flexibility index (Phi) is 4.94. The van der Waals surface area contributed by atoms with Crippen LogP contribution in [0.15, 0.2) is 77.7 Å². The molecule has 3 heterocycles. The van der Waals surface area contributed by atoms with Crippen molar-refractivity contribution in [2.45, 2.75) is 0 Å². The summed E-state index contributed by atoms with van der Waals surface area (Å²) in [4.78, 5) is 33.4. The van der Waals surface area contributed by atoms with Crippen LogP contribution in [0.2, 0.25) is 0 Å². The van der Waals surface area contributed by atoms with Crippen molar-refractivity contribution in [3.8, 4) is 11.4 Å². The number of carbonyl (C=O) groups excluding carboxylic acids is 2. The first-order chi connectivity index (χ1) is 13.7. The van der Waals surface area contributed by atoms with Gasteiger partial charge >= 0.3 is 0 Å². The molecule has 28 heavy (non-hydrogen) atoms. The summed E-state index contributed by atoms with van der Waals surface area (Å²) < 4.78 is 5.04. The Morgan fingerprint density at radius 3 is 2.36 bits per heavy atom. The second kappa shape index (κ2) is 7.85. The van der Waals surface area contributed by atoms with Crippen LogP contribution in [0.1, 0.15) is 20.2 Å². The highest BCUT2D eigenvalue weighted by Gasteiger charge is 2.14. The molecule has 0 aliphatic rings. The molecule has 8 heteroatoms. The summed E-state index contributed by atoms with van der Waals surface area (Å²) in [5, 5.41) is 5.98. The minimum atomic E-state index is -0.372. The zero-order valence-electron chi connectivity index (χ0n) is 14.5. The molecule has 3 aromatic heterocycles. The molecule has 0 aliphatic heterocycles. The molecular weight excluding hydrogens is 376 g/mol. The zero-order valence-corrected chi connectivity index (χ0v) is 15.3. The Balaban J connectivity index is 1.40. The van der Waals surface area contributed by atoms with Crippen LogP contribution in [0.3, 0.4) is 0 Å². The number of hydrogen-bond acceptors (Lipinski definition) is 6. The molecule has 2 amide bonds. The van der Waals surface area contributed by atoms with Gasteiger partial charge in [0.15, 0.2) is 11.6 Å². The Hall–Kier alpha value is -3.78. The van der Waals surface area contributed by atoms with Gasteiger partial charge in [-0.05, 0) is 24.3 Å². The van der Waals surface area contributed by atoms with E-state index >= 15 is 0 Å². The number of benzene rings is 1. The lowest BCUT2D eigenvalue weighted by Crippen LogP contribution is -2.11. The van der Waals surface area contributed by atoms with Crippen LogP contribution in [0.4, 0.5) is 10.7 Å². The van der Waals surface area contributed by atoms with E-state index < -0.39 is 0 Å². The van der Waals surface area contributed by atoms with Crippen LogP contribution in [0.25, 0.3) is 11.4 Å². The molecule has 2 N–H and O–H groups in total. The lowest BCUT2D eigenvalue weighted by atomic mass is 10.2. The lowest BCUT2D eigenvalue weighted by Gasteiger charge is -2.04. The molecular formula is C20H14N4O3S. The van der Waals surface area contributed by atoms with E-state index in [4.69, 9.17) is 4.42 Å². The monoisotopic (exact) mass is 390 g/mol. The van der Waals surface area contributed by atoms with Crippen LogP contribution in [-0.4, -0.2) is 21.8 Å². The summed E-state index contributed by atoms with van der Waals surface area (Å²) in [7, 11) is 0. The standard InChI is InChI=1S/C20H14N4O3S/c25-19(15-7-4-10-27-15)24-17-9-8-16(28-17)20(26)23-14-11-21-18(22-12-14)13-5-2-1-3-6-13/h1-12H,(H,23,26)(H,24,25). The molecule has 0 saturated carbocycles. The number of nitrogens with one attached hydrogen (secondary N) is 2. The van der Waals surface area contributed by atoms with Crippen molar-refractivity contribution in [1.82, 2.24) is 9.97 Å². The summed E-state index contributed by atoms with van der Waals surface area (Å²) in [5.74, 6) is 0.107. The maximum atomic E-state index is 12.4. The van der Waals surface area contributed by atoms with Gasteiger partial charge in [-0.2, -0.15) is 0 Å². The van der Waals surface area contributed by atoms with Crippen LogP contribution in [0.5, 0.6) is 0 Å².